The van der Waals surface area contributed by atoms with Crippen molar-refractivity contribution in [1.82, 2.24) is 15.0 Å². The zero-order valence-electron chi connectivity index (χ0n) is 20.1. The highest BCUT2D eigenvalue weighted by atomic mass is 16.5. The van der Waals surface area contributed by atoms with Crippen LogP contribution in [0.3, 0.4) is 0 Å². The molecule has 0 saturated carbocycles. The van der Waals surface area contributed by atoms with Gasteiger partial charge in [-0.2, -0.15) is 0 Å². The highest BCUT2D eigenvalue weighted by Crippen LogP contribution is 2.33. The molecular weight excluding hydrogens is 440 g/mol. The minimum absolute atomic E-state index is 0.110. The summed E-state index contributed by atoms with van der Waals surface area (Å²) in [6, 6.07) is 10.6. The lowest BCUT2D eigenvalue weighted by molar-refractivity contribution is -0.0679. The van der Waals surface area contributed by atoms with Crippen LogP contribution in [-0.4, -0.2) is 58.2 Å². The lowest BCUT2D eigenvalue weighted by Crippen LogP contribution is -2.19. The van der Waals surface area contributed by atoms with E-state index in [2.05, 4.69) is 15.6 Å². The van der Waals surface area contributed by atoms with Gasteiger partial charge in [0.05, 0.1) is 25.6 Å². The van der Waals surface area contributed by atoms with Crippen molar-refractivity contribution in [2.75, 3.05) is 26.1 Å². The number of aromatic nitrogens is 3. The van der Waals surface area contributed by atoms with E-state index in [9.17, 15) is 15.0 Å². The monoisotopic (exact) mass is 470 g/mol. The number of amides is 1. The molecule has 2 aromatic carbocycles. The summed E-state index contributed by atoms with van der Waals surface area (Å²) in [5.74, 6) is 0.945. The SMILES string of the molecule is COc1ccc(OC)c(-n2nnc(C(=O)Nc3cc(C(C)(C)C)ccc3OCC(O)O)c2C)c1. The first-order valence-corrected chi connectivity index (χ1v) is 10.6. The molecule has 34 heavy (non-hydrogen) atoms. The Balaban J connectivity index is 1.96. The van der Waals surface area contributed by atoms with Gasteiger partial charge in [-0.25, -0.2) is 4.68 Å². The van der Waals surface area contributed by atoms with Gasteiger partial charge in [-0.15, -0.1) is 5.10 Å². The number of rotatable bonds is 8. The lowest BCUT2D eigenvalue weighted by Gasteiger charge is -2.22. The Morgan fingerprint density at radius 3 is 2.41 bits per heavy atom. The molecule has 0 atom stereocenters. The van der Waals surface area contributed by atoms with Gasteiger partial charge in [-0.3, -0.25) is 4.79 Å². The molecule has 10 heteroatoms. The molecule has 0 spiro atoms. The van der Waals surface area contributed by atoms with E-state index in [4.69, 9.17) is 14.2 Å². The minimum Gasteiger partial charge on any atom is -0.497 e. The maximum absolute atomic E-state index is 13.2. The Kier molecular flexibility index (Phi) is 7.43. The van der Waals surface area contributed by atoms with Crippen LogP contribution < -0.4 is 19.5 Å². The normalized spacial score (nSPS) is 11.4. The van der Waals surface area contributed by atoms with Gasteiger partial charge in [-0.05, 0) is 42.2 Å². The number of aliphatic hydroxyl groups is 2. The molecule has 0 aliphatic rings. The first-order valence-electron chi connectivity index (χ1n) is 10.6. The molecule has 1 aromatic heterocycles. The van der Waals surface area contributed by atoms with Crippen molar-refractivity contribution in [2.24, 2.45) is 0 Å². The van der Waals surface area contributed by atoms with Crippen molar-refractivity contribution in [3.8, 4) is 22.9 Å². The van der Waals surface area contributed by atoms with Crippen molar-refractivity contribution in [2.45, 2.75) is 39.4 Å². The molecular formula is C24H30N4O6. The van der Waals surface area contributed by atoms with E-state index in [1.807, 2.05) is 26.8 Å². The van der Waals surface area contributed by atoms with Gasteiger partial charge in [-0.1, -0.05) is 32.1 Å². The number of hydrogen-bond acceptors (Lipinski definition) is 8. The van der Waals surface area contributed by atoms with Crippen LogP contribution in [0.25, 0.3) is 5.69 Å². The Morgan fingerprint density at radius 2 is 1.79 bits per heavy atom. The molecule has 1 heterocycles. The summed E-state index contributed by atoms with van der Waals surface area (Å²) in [6.07, 6.45) is -1.65. The molecule has 0 fully saturated rings. The van der Waals surface area contributed by atoms with E-state index >= 15 is 0 Å². The number of aliphatic hydroxyl groups excluding tert-OH is 1. The third-order valence-electron chi connectivity index (χ3n) is 5.21. The van der Waals surface area contributed by atoms with E-state index in [1.165, 1.54) is 11.8 Å². The molecule has 10 nitrogen and oxygen atoms in total. The Labute approximate surface area is 198 Å². The molecule has 3 rings (SSSR count). The van der Waals surface area contributed by atoms with Gasteiger partial charge in [0.15, 0.2) is 12.0 Å². The van der Waals surface area contributed by atoms with Crippen molar-refractivity contribution in [1.29, 1.82) is 0 Å². The predicted octanol–water partition coefficient (Wildman–Crippen LogP) is 2.83. The number of anilines is 1. The van der Waals surface area contributed by atoms with Crippen LogP contribution in [0.1, 0.15) is 42.5 Å². The Morgan fingerprint density at radius 1 is 1.09 bits per heavy atom. The zero-order chi connectivity index (χ0) is 25.0. The molecule has 182 valence electrons. The van der Waals surface area contributed by atoms with Crippen LogP contribution in [0.4, 0.5) is 5.69 Å². The van der Waals surface area contributed by atoms with Crippen molar-refractivity contribution in [3.63, 3.8) is 0 Å². The third kappa shape index (κ3) is 5.46. The van der Waals surface area contributed by atoms with Gasteiger partial charge < -0.3 is 29.7 Å². The molecule has 0 saturated heterocycles. The highest BCUT2D eigenvalue weighted by Gasteiger charge is 2.22. The highest BCUT2D eigenvalue weighted by molar-refractivity contribution is 6.04. The Hall–Kier alpha value is -3.63. The summed E-state index contributed by atoms with van der Waals surface area (Å²) < 4.78 is 17.7. The number of carbonyl (C=O) groups excluding carboxylic acids is 1. The van der Waals surface area contributed by atoms with E-state index in [1.54, 1.807) is 44.4 Å². The molecule has 0 aliphatic heterocycles. The molecule has 0 unspecified atom stereocenters. The van der Waals surface area contributed by atoms with Gasteiger partial charge in [0, 0.05) is 6.07 Å². The molecule has 0 bridgehead atoms. The van der Waals surface area contributed by atoms with Crippen LogP contribution in [-0.2, 0) is 5.41 Å². The quantitative estimate of drug-likeness (QED) is 0.429. The zero-order valence-corrected chi connectivity index (χ0v) is 20.1. The standard InChI is InChI=1S/C24H30N4O6/c1-14-22(26-27-28(14)18-12-16(32-5)8-10-20(18)33-6)23(31)25-17-11-15(24(2,3)4)7-9-19(17)34-13-21(29)30/h7-12,21,29-30H,13H2,1-6H3,(H,25,31). The number of benzene rings is 2. The van der Waals surface area contributed by atoms with Gasteiger partial charge >= 0.3 is 0 Å². The molecule has 3 aromatic rings. The second kappa shape index (κ2) is 10.1. The van der Waals surface area contributed by atoms with Gasteiger partial charge in [0.25, 0.3) is 5.91 Å². The molecule has 1 amide bonds. The summed E-state index contributed by atoms with van der Waals surface area (Å²) in [7, 11) is 3.10. The first kappa shape index (κ1) is 25.0. The largest absolute Gasteiger partial charge is 0.497 e. The number of hydrogen-bond donors (Lipinski definition) is 3. The van der Waals surface area contributed by atoms with E-state index in [0.29, 0.717) is 34.3 Å². The lowest BCUT2D eigenvalue weighted by atomic mass is 9.87. The number of methoxy groups -OCH3 is 2. The summed E-state index contributed by atoms with van der Waals surface area (Å²) in [4.78, 5) is 13.2. The number of nitrogens with zero attached hydrogens (tertiary/aromatic N) is 3. The van der Waals surface area contributed by atoms with Crippen LogP contribution >= 0.6 is 0 Å². The smallest absolute Gasteiger partial charge is 0.278 e. The molecule has 3 N–H and O–H groups in total. The fraction of sp³-hybridized carbons (Fsp3) is 0.375. The average molecular weight is 471 g/mol. The fourth-order valence-electron chi connectivity index (χ4n) is 3.30. The fourth-order valence-corrected chi connectivity index (χ4v) is 3.30. The first-order chi connectivity index (χ1) is 16.0. The third-order valence-corrected chi connectivity index (χ3v) is 5.21. The summed E-state index contributed by atoms with van der Waals surface area (Å²) in [5.41, 5.74) is 2.33. The van der Waals surface area contributed by atoms with E-state index in [-0.39, 0.29) is 17.7 Å². The second-order valence-electron chi connectivity index (χ2n) is 8.68. The summed E-state index contributed by atoms with van der Waals surface area (Å²) >= 11 is 0. The molecule has 0 aliphatic carbocycles. The van der Waals surface area contributed by atoms with Crippen molar-refractivity contribution < 1.29 is 29.2 Å². The minimum atomic E-state index is -1.65. The van der Waals surface area contributed by atoms with Gasteiger partial charge in [0.1, 0.15) is 29.5 Å². The average Bonchev–Trinajstić information content (AvgIpc) is 3.18. The number of nitrogens with one attached hydrogen (secondary N) is 1. The summed E-state index contributed by atoms with van der Waals surface area (Å²) in [6.45, 7) is 7.51. The van der Waals surface area contributed by atoms with Gasteiger partial charge in [0.2, 0.25) is 0 Å². The Bertz CT molecular complexity index is 1170. The van der Waals surface area contributed by atoms with Crippen LogP contribution in [0, 0.1) is 6.92 Å². The maximum atomic E-state index is 13.2. The molecule has 0 radical (unpaired) electrons. The predicted molar refractivity (Wildman–Crippen MR) is 126 cm³/mol. The second-order valence-corrected chi connectivity index (χ2v) is 8.68. The van der Waals surface area contributed by atoms with Crippen LogP contribution in [0.15, 0.2) is 36.4 Å². The summed E-state index contributed by atoms with van der Waals surface area (Å²) in [5, 5.41) is 29.4. The van der Waals surface area contributed by atoms with Crippen molar-refractivity contribution >= 4 is 11.6 Å². The maximum Gasteiger partial charge on any atom is 0.278 e. The van der Waals surface area contributed by atoms with Crippen LogP contribution in [0.5, 0.6) is 17.2 Å². The number of carbonyl (C=O) groups is 1. The van der Waals surface area contributed by atoms with E-state index < -0.39 is 12.2 Å². The van der Waals surface area contributed by atoms with Crippen molar-refractivity contribution in [3.05, 3.63) is 53.3 Å². The number of ether oxygens (including phenoxy) is 3. The van der Waals surface area contributed by atoms with E-state index in [0.717, 1.165) is 5.56 Å². The topological polar surface area (TPSA) is 128 Å². The van der Waals surface area contributed by atoms with Crippen LogP contribution in [0.2, 0.25) is 0 Å².